The van der Waals surface area contributed by atoms with Gasteiger partial charge in [0.15, 0.2) is 11.6 Å². The summed E-state index contributed by atoms with van der Waals surface area (Å²) < 4.78 is 60.3. The van der Waals surface area contributed by atoms with Crippen molar-refractivity contribution in [3.05, 3.63) is 96.3 Å². The van der Waals surface area contributed by atoms with E-state index in [9.17, 15) is 18.0 Å². The third-order valence-corrected chi connectivity index (χ3v) is 13.4. The number of nitrogens with zero attached hydrogens (tertiary/aromatic N) is 10. The fourth-order valence-electron chi connectivity index (χ4n) is 8.40. The number of fused-ring (bicyclic) bond motifs is 2. The number of hydrogen-bond donors (Lipinski definition) is 2. The maximum Gasteiger partial charge on any atom is 0.329 e. The molecule has 6 heterocycles. The van der Waals surface area contributed by atoms with E-state index in [0.29, 0.717) is 47.5 Å². The Morgan fingerprint density at radius 2 is 1.78 bits per heavy atom. The molecule has 2 aliphatic heterocycles. The van der Waals surface area contributed by atoms with Gasteiger partial charge in [0.1, 0.15) is 24.1 Å². The average molecular weight is 905 g/mol. The van der Waals surface area contributed by atoms with Gasteiger partial charge in [-0.3, -0.25) is 24.6 Å². The zero-order valence-corrected chi connectivity index (χ0v) is 37.4. The number of rotatable bonds is 14. The van der Waals surface area contributed by atoms with E-state index in [0.717, 1.165) is 48.5 Å². The molecular weight excluding hydrogens is 856 g/mol. The van der Waals surface area contributed by atoms with Crippen molar-refractivity contribution >= 4 is 55.8 Å². The normalized spacial score (nSPS) is 15.9. The lowest BCUT2D eigenvalue weighted by molar-refractivity contribution is -0.120. The molecule has 0 bridgehead atoms. The number of anilines is 3. The summed E-state index contributed by atoms with van der Waals surface area (Å²) in [6, 6.07) is 16.3. The van der Waals surface area contributed by atoms with Crippen molar-refractivity contribution in [1.29, 1.82) is 0 Å². The molecule has 7 aromatic rings. The van der Waals surface area contributed by atoms with Gasteiger partial charge in [0.25, 0.3) is 0 Å². The molecular formula is C45H49FN12O6S. The number of ether oxygens (including phenoxy) is 2. The number of likely N-dealkylation sites (tertiary alicyclic amines) is 1. The summed E-state index contributed by atoms with van der Waals surface area (Å²) in [5.74, 6) is 0.170. The molecule has 0 saturated carbocycles. The number of piperidine rings is 1. The predicted octanol–water partition coefficient (Wildman–Crippen LogP) is 6.76. The lowest BCUT2D eigenvalue weighted by Gasteiger charge is -2.32. The number of carbonyl (C=O) groups excluding carboxylic acids is 2. The van der Waals surface area contributed by atoms with Crippen molar-refractivity contribution in [2.45, 2.75) is 81.5 Å². The summed E-state index contributed by atoms with van der Waals surface area (Å²) >= 11 is 0. The largest absolute Gasteiger partial charge is 0.485 e. The third-order valence-electron chi connectivity index (χ3n) is 11.7. The predicted molar refractivity (Wildman–Crippen MR) is 239 cm³/mol. The number of aromatic nitrogens is 8. The van der Waals surface area contributed by atoms with E-state index in [4.69, 9.17) is 9.47 Å². The van der Waals surface area contributed by atoms with Gasteiger partial charge >= 0.3 is 6.03 Å². The topological polar surface area (TPSA) is 196 Å². The minimum Gasteiger partial charge on any atom is -0.485 e. The van der Waals surface area contributed by atoms with E-state index < -0.39 is 21.7 Å². The number of carbonyl (C=O) groups is 2. The number of benzene rings is 3. The van der Waals surface area contributed by atoms with Gasteiger partial charge in [-0.2, -0.15) is 19.7 Å². The zero-order valence-electron chi connectivity index (χ0n) is 36.6. The van der Waals surface area contributed by atoms with E-state index in [-0.39, 0.29) is 52.6 Å². The van der Waals surface area contributed by atoms with Crippen LogP contribution in [0, 0.1) is 5.82 Å². The second-order valence-corrected chi connectivity index (χ2v) is 18.5. The molecule has 20 heteroatoms. The van der Waals surface area contributed by atoms with E-state index in [1.807, 2.05) is 53.1 Å². The number of amides is 3. The van der Waals surface area contributed by atoms with Crippen LogP contribution in [0.5, 0.6) is 5.75 Å². The summed E-state index contributed by atoms with van der Waals surface area (Å²) in [5, 5.41) is 19.6. The van der Waals surface area contributed by atoms with Crippen molar-refractivity contribution < 1.29 is 31.9 Å². The summed E-state index contributed by atoms with van der Waals surface area (Å²) in [5.41, 5.74) is 4.43. The minimum atomic E-state index is -4.08. The number of imide groups is 1. The highest BCUT2D eigenvalue weighted by Gasteiger charge is 2.29. The van der Waals surface area contributed by atoms with Gasteiger partial charge in [0.05, 0.1) is 33.3 Å². The van der Waals surface area contributed by atoms with Crippen LogP contribution in [0.4, 0.5) is 26.6 Å². The van der Waals surface area contributed by atoms with Gasteiger partial charge in [0, 0.05) is 50.3 Å². The lowest BCUT2D eigenvalue weighted by atomic mass is 9.89. The maximum absolute atomic E-state index is 15.8. The molecule has 3 aromatic carbocycles. The first-order valence-electron chi connectivity index (χ1n) is 21.5. The highest BCUT2D eigenvalue weighted by atomic mass is 32.2. The van der Waals surface area contributed by atoms with E-state index in [1.165, 1.54) is 39.5 Å². The van der Waals surface area contributed by atoms with Crippen LogP contribution in [0.3, 0.4) is 0 Å². The van der Waals surface area contributed by atoms with Crippen molar-refractivity contribution in [1.82, 2.24) is 49.4 Å². The standard InChI is InChI=1S/C45H49FN12O6S/c1-6-63-28(4)57-25-32(23-48-57)40-41(64-27(2)3)43-51-44(53-58(43)26-47-40)49-37-13-11-34(22-36(37)46)65(61,62)33-9-7-8-29(20-33)24-55-17-14-30(15-18-55)31-10-12-35-38(21-31)54(5)52-42(35)56-19-16-39(59)50-45(56)60/h7-13,20-23,25-28,30H,6,14-19,24H2,1-5H3,(H,49,53)(H,50,59,60). The minimum absolute atomic E-state index is 0.0158. The Morgan fingerprint density at radius 1 is 0.985 bits per heavy atom. The quantitative estimate of drug-likeness (QED) is 0.116. The van der Waals surface area contributed by atoms with Crippen LogP contribution >= 0.6 is 0 Å². The van der Waals surface area contributed by atoms with E-state index in [1.54, 1.807) is 27.7 Å². The Hall–Kier alpha value is -6.77. The molecule has 1 unspecified atom stereocenters. The molecule has 2 fully saturated rings. The molecule has 0 radical (unpaired) electrons. The summed E-state index contributed by atoms with van der Waals surface area (Å²) in [7, 11) is -2.23. The SMILES string of the molecule is CCOC(C)n1cc(-c2ncn3nc(Nc4ccc(S(=O)(=O)c5cccc(CN6CCC(c7ccc8c(N9CCC(=O)NC9=O)nn(C)c8c7)CC6)c5)cc4F)nc3c2OC(C)C)cn1. The Bertz CT molecular complexity index is 3050. The molecule has 18 nitrogen and oxygen atoms in total. The summed E-state index contributed by atoms with van der Waals surface area (Å²) in [6.07, 6.45) is 6.47. The molecule has 0 aliphatic carbocycles. The number of sulfone groups is 1. The second-order valence-electron chi connectivity index (χ2n) is 16.5. The number of halogens is 1. The fraction of sp³-hybridized carbons (Fsp3) is 0.356. The lowest BCUT2D eigenvalue weighted by Crippen LogP contribution is -2.49. The van der Waals surface area contributed by atoms with Crippen molar-refractivity contribution in [2.24, 2.45) is 7.05 Å². The Kier molecular flexibility index (Phi) is 11.8. The zero-order chi connectivity index (χ0) is 45.6. The molecule has 2 saturated heterocycles. The van der Waals surface area contributed by atoms with Gasteiger partial charge in [-0.05, 0) is 113 Å². The van der Waals surface area contributed by atoms with Crippen molar-refractivity contribution in [2.75, 3.05) is 36.5 Å². The van der Waals surface area contributed by atoms with Crippen LogP contribution < -0.4 is 20.3 Å². The van der Waals surface area contributed by atoms with E-state index >= 15 is 4.39 Å². The highest BCUT2D eigenvalue weighted by Crippen LogP contribution is 2.36. The van der Waals surface area contributed by atoms with Crippen molar-refractivity contribution in [3.63, 3.8) is 0 Å². The first kappa shape index (κ1) is 43.5. The Labute approximate surface area is 374 Å². The Balaban J connectivity index is 0.857. The molecule has 2 N–H and O–H groups in total. The second kappa shape index (κ2) is 17.7. The molecule has 9 rings (SSSR count). The summed E-state index contributed by atoms with van der Waals surface area (Å²) in [4.78, 5) is 37.1. The molecule has 338 valence electrons. The molecule has 3 amide bonds. The molecule has 1 atom stereocenters. The number of aryl methyl sites for hydroxylation is 1. The fourth-order valence-corrected chi connectivity index (χ4v) is 9.75. The van der Waals surface area contributed by atoms with Crippen LogP contribution in [-0.4, -0.2) is 96.7 Å². The monoisotopic (exact) mass is 904 g/mol. The van der Waals surface area contributed by atoms with E-state index in [2.05, 4.69) is 52.9 Å². The maximum atomic E-state index is 15.8. The van der Waals surface area contributed by atoms with Gasteiger partial charge in [-0.25, -0.2) is 27.3 Å². The molecule has 65 heavy (non-hydrogen) atoms. The van der Waals surface area contributed by atoms with Crippen LogP contribution in [0.2, 0.25) is 0 Å². The van der Waals surface area contributed by atoms with Crippen molar-refractivity contribution in [3.8, 4) is 17.0 Å². The highest BCUT2D eigenvalue weighted by molar-refractivity contribution is 7.91. The van der Waals surface area contributed by atoms with Gasteiger partial charge in [0.2, 0.25) is 27.3 Å². The molecule has 2 aliphatic rings. The van der Waals surface area contributed by atoms with Crippen LogP contribution in [0.15, 0.2) is 89.2 Å². The third kappa shape index (κ3) is 8.75. The average Bonchev–Trinajstić information content (AvgIpc) is 4.02. The first-order chi connectivity index (χ1) is 31.2. The first-order valence-corrected chi connectivity index (χ1v) is 23.0. The summed E-state index contributed by atoms with van der Waals surface area (Å²) in [6.45, 7) is 10.5. The van der Waals surface area contributed by atoms with Gasteiger partial charge in [-0.1, -0.05) is 18.2 Å². The van der Waals surface area contributed by atoms with Crippen LogP contribution in [0.1, 0.15) is 70.2 Å². The number of hydrogen-bond acceptors (Lipinski definition) is 13. The smallest absolute Gasteiger partial charge is 0.329 e. The molecule has 0 spiro atoms. The van der Waals surface area contributed by atoms with Gasteiger partial charge < -0.3 is 14.8 Å². The van der Waals surface area contributed by atoms with Crippen LogP contribution in [0.25, 0.3) is 27.8 Å². The number of urea groups is 1. The molecule has 4 aromatic heterocycles. The Morgan fingerprint density at radius 3 is 2.54 bits per heavy atom. The van der Waals surface area contributed by atoms with Crippen LogP contribution in [-0.2, 0) is 33.0 Å². The number of nitrogens with one attached hydrogen (secondary N) is 2. The van der Waals surface area contributed by atoms with Gasteiger partial charge in [-0.15, -0.1) is 5.10 Å².